The van der Waals surface area contributed by atoms with Gasteiger partial charge in [0.25, 0.3) is 0 Å². The fourth-order valence-electron chi connectivity index (χ4n) is 2.35. The molecule has 1 aliphatic carbocycles. The lowest BCUT2D eigenvalue weighted by Gasteiger charge is -2.23. The molecule has 1 aliphatic rings. The molecule has 7 heteroatoms. The van der Waals surface area contributed by atoms with Crippen molar-refractivity contribution in [2.24, 2.45) is 5.92 Å². The Kier molecular flexibility index (Phi) is 5.28. The number of nitrogens with zero attached hydrogens (tertiary/aromatic N) is 1. The Morgan fingerprint density at radius 1 is 1.22 bits per heavy atom. The monoisotopic (exact) mass is 329 g/mol. The van der Waals surface area contributed by atoms with Crippen LogP contribution in [0.4, 0.5) is 13.2 Å². The van der Waals surface area contributed by atoms with Gasteiger partial charge in [0.05, 0.1) is 18.4 Å². The zero-order valence-electron chi connectivity index (χ0n) is 12.5. The summed E-state index contributed by atoms with van der Waals surface area (Å²) in [5.41, 5.74) is 0.320. The standard InChI is InChI=1S/C16H18F3NO3/c17-16(18,19)7-8-20(10-11-5-6-11)14(21)9-12-3-1-2-4-13(12)15(22)23/h1-4,11H,5-10H2,(H,22,23). The molecule has 1 N–H and O–H groups in total. The van der Waals surface area contributed by atoms with Crippen LogP contribution in [0.25, 0.3) is 0 Å². The normalized spacial score (nSPS) is 14.6. The second-order valence-electron chi connectivity index (χ2n) is 5.79. The highest BCUT2D eigenvalue weighted by atomic mass is 19.4. The van der Waals surface area contributed by atoms with Crippen LogP contribution in [0.15, 0.2) is 24.3 Å². The zero-order valence-corrected chi connectivity index (χ0v) is 12.5. The van der Waals surface area contributed by atoms with Crippen LogP contribution in [0.1, 0.15) is 35.2 Å². The Labute approximate surface area is 131 Å². The third-order valence-corrected chi connectivity index (χ3v) is 3.78. The van der Waals surface area contributed by atoms with Gasteiger partial charge < -0.3 is 10.0 Å². The Balaban J connectivity index is 2.06. The van der Waals surface area contributed by atoms with E-state index in [1.807, 2.05) is 0 Å². The second kappa shape index (κ2) is 7.02. The molecule has 0 radical (unpaired) electrons. The molecular weight excluding hydrogens is 311 g/mol. The van der Waals surface area contributed by atoms with Gasteiger partial charge in [-0.25, -0.2) is 4.79 Å². The number of carbonyl (C=O) groups is 2. The van der Waals surface area contributed by atoms with E-state index in [4.69, 9.17) is 5.11 Å². The van der Waals surface area contributed by atoms with Crippen molar-refractivity contribution >= 4 is 11.9 Å². The Morgan fingerprint density at radius 2 is 1.87 bits per heavy atom. The van der Waals surface area contributed by atoms with Gasteiger partial charge in [-0.15, -0.1) is 0 Å². The fourth-order valence-corrected chi connectivity index (χ4v) is 2.35. The first-order valence-electron chi connectivity index (χ1n) is 7.42. The van der Waals surface area contributed by atoms with Gasteiger partial charge in [-0.3, -0.25) is 4.79 Å². The number of carbonyl (C=O) groups excluding carboxylic acids is 1. The average molecular weight is 329 g/mol. The Bertz CT molecular complexity index is 582. The van der Waals surface area contributed by atoms with Crippen molar-refractivity contribution in [3.05, 3.63) is 35.4 Å². The van der Waals surface area contributed by atoms with E-state index in [0.717, 1.165) is 12.8 Å². The van der Waals surface area contributed by atoms with Crippen LogP contribution < -0.4 is 0 Å². The van der Waals surface area contributed by atoms with Gasteiger partial charge in [0.2, 0.25) is 5.91 Å². The first kappa shape index (κ1) is 17.3. The Morgan fingerprint density at radius 3 is 2.43 bits per heavy atom. The van der Waals surface area contributed by atoms with Gasteiger partial charge in [0.1, 0.15) is 0 Å². The molecule has 2 rings (SSSR count). The molecule has 1 fully saturated rings. The molecule has 0 heterocycles. The predicted molar refractivity (Wildman–Crippen MR) is 77.1 cm³/mol. The van der Waals surface area contributed by atoms with Gasteiger partial charge >= 0.3 is 12.1 Å². The lowest BCUT2D eigenvalue weighted by atomic mass is 10.0. The summed E-state index contributed by atoms with van der Waals surface area (Å²) in [4.78, 5) is 24.7. The minimum atomic E-state index is -4.32. The number of aromatic carboxylic acids is 1. The van der Waals surface area contributed by atoms with Crippen molar-refractivity contribution in [3.8, 4) is 0 Å². The summed E-state index contributed by atoms with van der Waals surface area (Å²) in [5.74, 6) is -1.35. The van der Waals surface area contributed by atoms with Crippen LogP contribution in [0.3, 0.4) is 0 Å². The molecule has 0 atom stereocenters. The number of carboxylic acids is 1. The van der Waals surface area contributed by atoms with Crippen LogP contribution in [0, 0.1) is 5.92 Å². The summed E-state index contributed by atoms with van der Waals surface area (Å²) < 4.78 is 37.2. The molecule has 1 amide bonds. The van der Waals surface area contributed by atoms with Crippen LogP contribution in [0.2, 0.25) is 0 Å². The number of amides is 1. The molecule has 126 valence electrons. The summed E-state index contributed by atoms with van der Waals surface area (Å²) in [7, 11) is 0. The number of halogens is 3. The Hall–Kier alpha value is -2.05. The van der Waals surface area contributed by atoms with Crippen molar-refractivity contribution in [1.29, 1.82) is 0 Å². The van der Waals surface area contributed by atoms with E-state index in [1.165, 1.54) is 17.0 Å². The lowest BCUT2D eigenvalue weighted by molar-refractivity contribution is -0.145. The van der Waals surface area contributed by atoms with E-state index in [0.29, 0.717) is 12.1 Å². The van der Waals surface area contributed by atoms with Crippen molar-refractivity contribution in [3.63, 3.8) is 0 Å². The molecular formula is C16H18F3NO3. The highest BCUT2D eigenvalue weighted by Gasteiger charge is 2.32. The van der Waals surface area contributed by atoms with E-state index < -0.39 is 24.5 Å². The van der Waals surface area contributed by atoms with E-state index in [9.17, 15) is 22.8 Å². The SMILES string of the molecule is O=C(O)c1ccccc1CC(=O)N(CCC(F)(F)F)CC1CC1. The summed E-state index contributed by atoms with van der Waals surface area (Å²) >= 11 is 0. The zero-order chi connectivity index (χ0) is 17.0. The molecule has 0 spiro atoms. The van der Waals surface area contributed by atoms with Gasteiger partial charge in [-0.05, 0) is 30.4 Å². The van der Waals surface area contributed by atoms with E-state index in [2.05, 4.69) is 0 Å². The number of benzene rings is 1. The number of hydrogen-bond donors (Lipinski definition) is 1. The van der Waals surface area contributed by atoms with E-state index >= 15 is 0 Å². The molecule has 0 saturated heterocycles. The van der Waals surface area contributed by atoms with Crippen molar-refractivity contribution in [2.75, 3.05) is 13.1 Å². The first-order chi connectivity index (χ1) is 10.8. The maximum Gasteiger partial charge on any atom is 0.390 e. The number of hydrogen-bond acceptors (Lipinski definition) is 2. The summed E-state index contributed by atoms with van der Waals surface area (Å²) in [6.45, 7) is -0.0712. The first-order valence-corrected chi connectivity index (χ1v) is 7.42. The molecule has 1 aromatic rings. The quantitative estimate of drug-likeness (QED) is 0.836. The summed E-state index contributed by atoms with van der Waals surface area (Å²) in [6, 6.07) is 6.05. The smallest absolute Gasteiger partial charge is 0.390 e. The molecule has 0 unspecified atom stereocenters. The molecule has 1 aromatic carbocycles. The third-order valence-electron chi connectivity index (χ3n) is 3.78. The molecule has 1 saturated carbocycles. The third kappa shape index (κ3) is 5.58. The minimum absolute atomic E-state index is 0.00282. The fraction of sp³-hybridized carbons (Fsp3) is 0.500. The number of carboxylic acid groups (broad SMARTS) is 1. The van der Waals surface area contributed by atoms with E-state index in [1.54, 1.807) is 12.1 Å². The largest absolute Gasteiger partial charge is 0.478 e. The maximum atomic E-state index is 12.4. The highest BCUT2D eigenvalue weighted by molar-refractivity contribution is 5.91. The molecule has 0 bridgehead atoms. The molecule has 23 heavy (non-hydrogen) atoms. The maximum absolute atomic E-state index is 12.4. The molecule has 0 aromatic heterocycles. The lowest BCUT2D eigenvalue weighted by Crippen LogP contribution is -2.37. The summed E-state index contributed by atoms with van der Waals surface area (Å²) in [5, 5.41) is 9.11. The minimum Gasteiger partial charge on any atom is -0.478 e. The molecule has 4 nitrogen and oxygen atoms in total. The second-order valence-corrected chi connectivity index (χ2v) is 5.79. The van der Waals surface area contributed by atoms with Gasteiger partial charge in [0.15, 0.2) is 0 Å². The highest BCUT2D eigenvalue weighted by Crippen LogP contribution is 2.30. The van der Waals surface area contributed by atoms with E-state index in [-0.39, 0.29) is 24.4 Å². The van der Waals surface area contributed by atoms with Crippen LogP contribution in [-0.4, -0.2) is 41.1 Å². The van der Waals surface area contributed by atoms with Crippen LogP contribution in [0.5, 0.6) is 0 Å². The van der Waals surface area contributed by atoms with Crippen molar-refractivity contribution < 1.29 is 27.9 Å². The predicted octanol–water partition coefficient (Wildman–Crippen LogP) is 3.12. The topological polar surface area (TPSA) is 57.6 Å². The van der Waals surface area contributed by atoms with Gasteiger partial charge in [-0.2, -0.15) is 13.2 Å². The van der Waals surface area contributed by atoms with Crippen LogP contribution in [-0.2, 0) is 11.2 Å². The summed E-state index contributed by atoms with van der Waals surface area (Å²) in [6.07, 6.45) is -3.73. The van der Waals surface area contributed by atoms with Crippen molar-refractivity contribution in [1.82, 2.24) is 4.90 Å². The van der Waals surface area contributed by atoms with Crippen molar-refractivity contribution in [2.45, 2.75) is 31.9 Å². The molecule has 0 aliphatic heterocycles. The van der Waals surface area contributed by atoms with Gasteiger partial charge in [-0.1, -0.05) is 18.2 Å². The van der Waals surface area contributed by atoms with Crippen LogP contribution >= 0.6 is 0 Å². The van der Waals surface area contributed by atoms with Gasteiger partial charge in [0, 0.05) is 13.1 Å². The average Bonchev–Trinajstić information content (AvgIpc) is 3.26. The number of rotatable bonds is 7. The number of alkyl halides is 3.